The Labute approximate surface area is 124 Å². The standard InChI is InChI=1S/C10H12ClN3O2S3/c1-5-3-8(18-9(5)11)19(15,16)14-10-13-7(4-17-10)6(2)12/h3-4,6H,12H2,1-2H3,(H,13,14). The zero-order valence-corrected chi connectivity index (χ0v) is 13.4. The molecule has 0 saturated heterocycles. The van der Waals surface area contributed by atoms with Crippen LogP contribution < -0.4 is 10.5 Å². The van der Waals surface area contributed by atoms with Crippen molar-refractivity contribution in [3.05, 3.63) is 27.0 Å². The fraction of sp³-hybridized carbons (Fsp3) is 0.300. The molecule has 0 aromatic carbocycles. The number of anilines is 1. The van der Waals surface area contributed by atoms with Gasteiger partial charge in [0.15, 0.2) is 5.13 Å². The first-order valence-corrected chi connectivity index (χ1v) is 8.85. The number of thiazole rings is 1. The Morgan fingerprint density at radius 3 is 2.68 bits per heavy atom. The lowest BCUT2D eigenvalue weighted by Crippen LogP contribution is -2.12. The molecule has 2 rings (SSSR count). The average molecular weight is 338 g/mol. The van der Waals surface area contributed by atoms with Crippen molar-refractivity contribution in [1.82, 2.24) is 4.98 Å². The molecule has 1 atom stereocenters. The molecule has 0 bridgehead atoms. The van der Waals surface area contributed by atoms with E-state index in [9.17, 15) is 8.42 Å². The summed E-state index contributed by atoms with van der Waals surface area (Å²) in [5, 5.41) is 2.03. The van der Waals surface area contributed by atoms with E-state index in [4.69, 9.17) is 17.3 Å². The first kappa shape index (κ1) is 14.7. The summed E-state index contributed by atoms with van der Waals surface area (Å²) in [6.07, 6.45) is 0. The van der Waals surface area contributed by atoms with E-state index in [1.165, 1.54) is 17.4 Å². The molecule has 0 radical (unpaired) electrons. The number of halogens is 1. The zero-order chi connectivity index (χ0) is 14.2. The molecule has 104 valence electrons. The summed E-state index contributed by atoms with van der Waals surface area (Å²) in [4.78, 5) is 4.12. The maximum absolute atomic E-state index is 12.1. The molecule has 2 heterocycles. The Morgan fingerprint density at radius 2 is 2.21 bits per heavy atom. The summed E-state index contributed by atoms with van der Waals surface area (Å²) < 4.78 is 27.3. The van der Waals surface area contributed by atoms with Crippen molar-refractivity contribution in [3.63, 3.8) is 0 Å². The van der Waals surface area contributed by atoms with Crippen molar-refractivity contribution in [3.8, 4) is 0 Å². The Balaban J connectivity index is 2.25. The first-order chi connectivity index (χ1) is 8.79. The van der Waals surface area contributed by atoms with Gasteiger partial charge < -0.3 is 5.73 Å². The summed E-state index contributed by atoms with van der Waals surface area (Å²) in [7, 11) is -3.64. The van der Waals surface area contributed by atoms with Crippen molar-refractivity contribution in [2.24, 2.45) is 5.73 Å². The Bertz CT molecular complexity index is 671. The molecule has 5 nitrogen and oxygen atoms in total. The molecule has 0 aliphatic carbocycles. The third-order valence-electron chi connectivity index (χ3n) is 2.31. The van der Waals surface area contributed by atoms with E-state index >= 15 is 0 Å². The second kappa shape index (κ2) is 5.37. The van der Waals surface area contributed by atoms with Gasteiger partial charge >= 0.3 is 0 Å². The summed E-state index contributed by atoms with van der Waals surface area (Å²) in [6, 6.07) is 1.31. The van der Waals surface area contributed by atoms with E-state index < -0.39 is 10.0 Å². The molecule has 0 saturated carbocycles. The van der Waals surface area contributed by atoms with Gasteiger partial charge in [0.25, 0.3) is 10.0 Å². The lowest BCUT2D eigenvalue weighted by molar-refractivity contribution is 0.603. The van der Waals surface area contributed by atoms with Crippen LogP contribution in [0.2, 0.25) is 4.34 Å². The van der Waals surface area contributed by atoms with Crippen molar-refractivity contribution in [1.29, 1.82) is 0 Å². The largest absolute Gasteiger partial charge is 0.323 e. The maximum Gasteiger partial charge on any atom is 0.273 e. The minimum Gasteiger partial charge on any atom is -0.323 e. The smallest absolute Gasteiger partial charge is 0.273 e. The minimum absolute atomic E-state index is 0.174. The van der Waals surface area contributed by atoms with Crippen LogP contribution in [0.25, 0.3) is 0 Å². The highest BCUT2D eigenvalue weighted by Gasteiger charge is 2.20. The highest BCUT2D eigenvalue weighted by molar-refractivity contribution is 7.94. The topological polar surface area (TPSA) is 85.1 Å². The molecule has 9 heteroatoms. The number of nitrogens with two attached hydrogens (primary N) is 1. The number of hydrogen-bond donors (Lipinski definition) is 2. The third-order valence-corrected chi connectivity index (χ3v) is 6.58. The quantitative estimate of drug-likeness (QED) is 0.898. The van der Waals surface area contributed by atoms with Crippen LogP contribution in [0.15, 0.2) is 15.7 Å². The summed E-state index contributed by atoms with van der Waals surface area (Å²) in [6.45, 7) is 3.55. The molecule has 0 spiro atoms. The monoisotopic (exact) mass is 337 g/mol. The second-order valence-corrected chi connectivity index (χ2v) is 8.42. The van der Waals surface area contributed by atoms with Gasteiger partial charge in [-0.15, -0.1) is 22.7 Å². The van der Waals surface area contributed by atoms with Crippen LogP contribution in [-0.2, 0) is 10.0 Å². The van der Waals surface area contributed by atoms with Crippen LogP contribution in [0.5, 0.6) is 0 Å². The van der Waals surface area contributed by atoms with Crippen LogP contribution in [0.4, 0.5) is 5.13 Å². The highest BCUT2D eigenvalue weighted by atomic mass is 35.5. The maximum atomic E-state index is 12.1. The van der Waals surface area contributed by atoms with E-state index in [0.717, 1.165) is 16.9 Å². The number of hydrogen-bond acceptors (Lipinski definition) is 6. The molecular formula is C10H12ClN3O2S3. The fourth-order valence-corrected chi connectivity index (χ4v) is 5.05. The highest BCUT2D eigenvalue weighted by Crippen LogP contribution is 2.31. The molecule has 1 unspecified atom stereocenters. The number of nitrogens with zero attached hydrogens (tertiary/aromatic N) is 1. The predicted octanol–water partition coefficient (Wildman–Crippen LogP) is 2.99. The summed E-state index contributed by atoms with van der Waals surface area (Å²) in [5.74, 6) is 0. The molecule has 19 heavy (non-hydrogen) atoms. The fourth-order valence-electron chi connectivity index (χ4n) is 1.27. The van der Waals surface area contributed by atoms with E-state index in [2.05, 4.69) is 9.71 Å². The normalized spacial score (nSPS) is 13.5. The Kier molecular flexibility index (Phi) is 4.17. The van der Waals surface area contributed by atoms with Crippen LogP contribution >= 0.6 is 34.3 Å². The zero-order valence-electron chi connectivity index (χ0n) is 10.2. The van der Waals surface area contributed by atoms with E-state index in [0.29, 0.717) is 15.2 Å². The van der Waals surface area contributed by atoms with Gasteiger partial charge in [0.1, 0.15) is 4.21 Å². The number of rotatable bonds is 4. The average Bonchev–Trinajstić information content (AvgIpc) is 2.87. The summed E-state index contributed by atoms with van der Waals surface area (Å²) in [5.41, 5.74) is 7.07. The third kappa shape index (κ3) is 3.26. The molecule has 0 fully saturated rings. The molecule has 2 aromatic heterocycles. The lowest BCUT2D eigenvalue weighted by Gasteiger charge is -2.02. The van der Waals surface area contributed by atoms with Gasteiger partial charge in [-0.25, -0.2) is 13.4 Å². The SMILES string of the molecule is Cc1cc(S(=O)(=O)Nc2nc(C(C)N)cs2)sc1Cl. The molecule has 3 N–H and O–H groups in total. The van der Waals surface area contributed by atoms with Gasteiger partial charge in [0.05, 0.1) is 10.0 Å². The van der Waals surface area contributed by atoms with Gasteiger partial charge in [-0.3, -0.25) is 4.72 Å². The van der Waals surface area contributed by atoms with Gasteiger partial charge in [-0.1, -0.05) is 11.6 Å². The molecule has 0 aliphatic rings. The molecule has 0 aliphatic heterocycles. The van der Waals surface area contributed by atoms with Crippen molar-refractivity contribution in [2.75, 3.05) is 4.72 Å². The van der Waals surface area contributed by atoms with Crippen molar-refractivity contribution >= 4 is 49.4 Å². The number of aromatic nitrogens is 1. The van der Waals surface area contributed by atoms with Gasteiger partial charge in [-0.05, 0) is 25.5 Å². The van der Waals surface area contributed by atoms with Crippen LogP contribution in [-0.4, -0.2) is 13.4 Å². The second-order valence-electron chi connectivity index (χ2n) is 3.99. The van der Waals surface area contributed by atoms with Gasteiger partial charge in [-0.2, -0.15) is 0 Å². The minimum atomic E-state index is -3.64. The number of sulfonamides is 1. The molecular weight excluding hydrogens is 326 g/mol. The van der Waals surface area contributed by atoms with E-state index in [1.807, 2.05) is 0 Å². The number of aryl methyl sites for hydroxylation is 1. The predicted molar refractivity (Wildman–Crippen MR) is 79.6 cm³/mol. The van der Waals surface area contributed by atoms with Crippen LogP contribution in [0.1, 0.15) is 24.2 Å². The van der Waals surface area contributed by atoms with Crippen LogP contribution in [0, 0.1) is 6.92 Å². The Hall–Kier alpha value is -0.670. The van der Waals surface area contributed by atoms with Gasteiger partial charge in [0.2, 0.25) is 0 Å². The first-order valence-electron chi connectivity index (χ1n) is 5.29. The lowest BCUT2D eigenvalue weighted by atomic mass is 10.3. The van der Waals surface area contributed by atoms with Crippen LogP contribution in [0.3, 0.4) is 0 Å². The van der Waals surface area contributed by atoms with E-state index in [-0.39, 0.29) is 10.3 Å². The number of nitrogens with one attached hydrogen (secondary N) is 1. The van der Waals surface area contributed by atoms with E-state index in [1.54, 1.807) is 19.2 Å². The van der Waals surface area contributed by atoms with Gasteiger partial charge in [0, 0.05) is 11.4 Å². The van der Waals surface area contributed by atoms with Crippen molar-refractivity contribution < 1.29 is 8.42 Å². The summed E-state index contributed by atoms with van der Waals surface area (Å²) >= 11 is 8.10. The number of thiophene rings is 1. The Morgan fingerprint density at radius 1 is 1.53 bits per heavy atom. The van der Waals surface area contributed by atoms with Crippen molar-refractivity contribution in [2.45, 2.75) is 24.1 Å². The molecule has 0 amide bonds. The molecule has 2 aromatic rings.